The molecular formula is C6H14O9P2+2. The molecule has 0 heterocycles. The molecule has 5 N–H and O–H groups in total. The zero-order valence-electron chi connectivity index (χ0n) is 8.88. The fourth-order valence-electron chi connectivity index (χ4n) is 0.715. The Balaban J connectivity index is 0. The second-order valence-corrected chi connectivity index (χ2v) is 4.70. The van der Waals surface area contributed by atoms with Crippen molar-refractivity contribution >= 4 is 22.5 Å². The van der Waals surface area contributed by atoms with Gasteiger partial charge in [0, 0.05) is 15.7 Å². The lowest BCUT2D eigenvalue weighted by molar-refractivity contribution is -0.142. The van der Waals surface area contributed by atoms with Crippen molar-refractivity contribution in [2.24, 2.45) is 0 Å². The van der Waals surface area contributed by atoms with Crippen LogP contribution < -0.4 is 0 Å². The van der Waals surface area contributed by atoms with Crippen LogP contribution in [0.3, 0.4) is 0 Å². The second-order valence-electron chi connectivity index (χ2n) is 3.10. The van der Waals surface area contributed by atoms with Gasteiger partial charge in [-0.2, -0.15) is 0 Å². The van der Waals surface area contributed by atoms with Crippen LogP contribution in [0.4, 0.5) is 0 Å². The molecule has 11 heteroatoms. The van der Waals surface area contributed by atoms with Crippen LogP contribution in [0.25, 0.3) is 0 Å². The fourth-order valence-corrected chi connectivity index (χ4v) is 1.19. The third kappa shape index (κ3) is 18.1. The molecule has 9 nitrogen and oxygen atoms in total. The first kappa shape index (κ1) is 18.8. The fraction of sp³-hybridized carbons (Fsp3) is 0.833. The number of carboxylic acid groups (broad SMARTS) is 1. The number of aliphatic hydroxyl groups is 2. The minimum absolute atomic E-state index is 0.0965. The highest BCUT2D eigenvalue weighted by molar-refractivity contribution is 7.46. The maximum absolute atomic E-state index is 10.0. The minimum Gasteiger partial charge on any atom is -0.481 e. The second kappa shape index (κ2) is 9.49. The first-order valence-electron chi connectivity index (χ1n) is 4.16. The van der Waals surface area contributed by atoms with E-state index in [9.17, 15) is 13.9 Å². The molecule has 3 atom stereocenters. The number of rotatable bonds is 6. The van der Waals surface area contributed by atoms with Crippen LogP contribution in [0, 0.1) is 0 Å². The lowest BCUT2D eigenvalue weighted by Crippen LogP contribution is -2.28. The summed E-state index contributed by atoms with van der Waals surface area (Å²) in [5.41, 5.74) is -1.28. The molecule has 0 amide bonds. The molecule has 0 saturated heterocycles. The van der Waals surface area contributed by atoms with Gasteiger partial charge in [0.15, 0.2) is 4.31 Å². The molecule has 3 unspecified atom stereocenters. The van der Waals surface area contributed by atoms with Crippen LogP contribution in [-0.4, -0.2) is 43.3 Å². The van der Waals surface area contributed by atoms with Crippen molar-refractivity contribution in [2.75, 3.05) is 6.61 Å². The van der Waals surface area contributed by atoms with Crippen molar-refractivity contribution in [2.45, 2.75) is 25.4 Å². The van der Waals surface area contributed by atoms with Crippen LogP contribution >= 0.6 is 16.5 Å². The molecule has 0 aromatic heterocycles. The molecule has 0 aromatic carbocycles. The first-order chi connectivity index (χ1) is 7.60. The Morgan fingerprint density at radius 2 is 1.71 bits per heavy atom. The molecule has 0 aliphatic heterocycles. The minimum atomic E-state index is -2.92. The van der Waals surface area contributed by atoms with Gasteiger partial charge in [0.25, 0.3) is 0 Å². The number of aliphatic carboxylic acids is 1. The highest BCUT2D eigenvalue weighted by Gasteiger charge is 2.31. The van der Waals surface area contributed by atoms with E-state index >= 15 is 0 Å². The quantitative estimate of drug-likeness (QED) is 0.420. The summed E-state index contributed by atoms with van der Waals surface area (Å²) in [6.07, 6.45) is -0.229. The van der Waals surface area contributed by atoms with Gasteiger partial charge in [-0.25, -0.2) is 0 Å². The van der Waals surface area contributed by atoms with Crippen LogP contribution in [0.2, 0.25) is 0 Å². The zero-order chi connectivity index (χ0) is 14.1. The van der Waals surface area contributed by atoms with E-state index in [1.807, 2.05) is 0 Å². The highest BCUT2D eigenvalue weighted by Crippen LogP contribution is 2.30. The number of carboxylic acids is 1. The number of carbonyl (C=O) groups is 1. The van der Waals surface area contributed by atoms with Gasteiger partial charge in [-0.05, 0) is 13.3 Å². The van der Waals surface area contributed by atoms with Crippen LogP contribution in [0.5, 0.6) is 0 Å². The topological polar surface area (TPSA) is 162 Å². The molecule has 0 spiro atoms. The number of hydrogen-bond acceptors (Lipinski definition) is 6. The standard InChI is InChI=1S/C6H12O4.O5P2/c1-6(10,2-3-7)4-5(8)9;1-6(2)5-7(3)4/h7,10H,2-4H2,1H3,(H,8,9);/p+2. The van der Waals surface area contributed by atoms with Gasteiger partial charge >= 0.3 is 22.5 Å². The zero-order valence-corrected chi connectivity index (χ0v) is 10.7. The van der Waals surface area contributed by atoms with Gasteiger partial charge in [0.1, 0.15) is 0 Å². The van der Waals surface area contributed by atoms with Crippen LogP contribution in [0.15, 0.2) is 0 Å². The highest BCUT2D eigenvalue weighted by atomic mass is 31.2. The van der Waals surface area contributed by atoms with E-state index < -0.39 is 28.1 Å². The lowest BCUT2D eigenvalue weighted by atomic mass is 9.99. The van der Waals surface area contributed by atoms with Crippen molar-refractivity contribution < 1.29 is 43.3 Å². The average molecular weight is 292 g/mol. The summed E-state index contributed by atoms with van der Waals surface area (Å²) in [4.78, 5) is 25.4. The molecule has 0 bridgehead atoms. The molecular weight excluding hydrogens is 278 g/mol. The monoisotopic (exact) mass is 292 g/mol. The van der Waals surface area contributed by atoms with Gasteiger partial charge in [-0.1, -0.05) is 0 Å². The average Bonchev–Trinajstić information content (AvgIpc) is 1.97. The summed E-state index contributed by atoms with van der Waals surface area (Å²) < 4.78 is 22.2. The van der Waals surface area contributed by atoms with Gasteiger partial charge in [0.05, 0.1) is 12.0 Å². The largest absolute Gasteiger partial charge is 0.745 e. The van der Waals surface area contributed by atoms with E-state index in [1.54, 1.807) is 0 Å². The lowest BCUT2D eigenvalue weighted by Gasteiger charge is -2.18. The van der Waals surface area contributed by atoms with E-state index in [4.69, 9.17) is 25.1 Å². The molecule has 0 aromatic rings. The van der Waals surface area contributed by atoms with Gasteiger partial charge in [0.2, 0.25) is 0 Å². The Kier molecular flexibility index (Phi) is 10.5. The van der Waals surface area contributed by atoms with Crippen molar-refractivity contribution in [3.05, 3.63) is 0 Å². The van der Waals surface area contributed by atoms with Gasteiger partial charge in [-0.3, -0.25) is 4.79 Å². The van der Waals surface area contributed by atoms with E-state index in [-0.39, 0.29) is 19.4 Å². The molecule has 0 aliphatic rings. The Hall–Kier alpha value is -0.530. The molecule has 17 heavy (non-hydrogen) atoms. The Labute approximate surface area is 98.6 Å². The van der Waals surface area contributed by atoms with Crippen molar-refractivity contribution in [1.82, 2.24) is 0 Å². The van der Waals surface area contributed by atoms with Crippen molar-refractivity contribution in [3.63, 3.8) is 0 Å². The van der Waals surface area contributed by atoms with Crippen molar-refractivity contribution in [1.29, 1.82) is 0 Å². The Bertz CT molecular complexity index is 265. The maximum Gasteiger partial charge on any atom is 0.745 e. The van der Waals surface area contributed by atoms with Gasteiger partial charge < -0.3 is 15.3 Å². The predicted octanol–water partition coefficient (Wildman–Crippen LogP) is -0.103. The predicted molar refractivity (Wildman–Crippen MR) is 55.3 cm³/mol. The normalized spacial score (nSPS) is 15.1. The van der Waals surface area contributed by atoms with E-state index in [0.717, 1.165) is 0 Å². The molecule has 100 valence electrons. The SMILES string of the molecule is CC(O)(CCO)CC(=O)O.O=[P+](O)O[P+](=O)O. The third-order valence-electron chi connectivity index (χ3n) is 1.32. The first-order valence-corrected chi connectivity index (χ1v) is 6.42. The summed E-state index contributed by atoms with van der Waals surface area (Å²) in [5, 5.41) is 25.7. The molecule has 0 aliphatic carbocycles. The van der Waals surface area contributed by atoms with Gasteiger partial charge in [-0.15, -0.1) is 9.79 Å². The smallest absolute Gasteiger partial charge is 0.481 e. The van der Waals surface area contributed by atoms with E-state index in [0.29, 0.717) is 0 Å². The van der Waals surface area contributed by atoms with Crippen LogP contribution in [0.1, 0.15) is 19.8 Å². The van der Waals surface area contributed by atoms with Crippen molar-refractivity contribution in [3.8, 4) is 0 Å². The Morgan fingerprint density at radius 1 is 1.29 bits per heavy atom. The van der Waals surface area contributed by atoms with Crippen LogP contribution in [-0.2, 0) is 18.2 Å². The summed E-state index contributed by atoms with van der Waals surface area (Å²) in [6.45, 7) is 1.19. The molecule has 0 rings (SSSR count). The number of aliphatic hydroxyl groups excluding tert-OH is 1. The molecule has 0 saturated carbocycles. The maximum atomic E-state index is 10.0. The summed E-state index contributed by atoms with van der Waals surface area (Å²) in [5.74, 6) is -1.06. The van der Waals surface area contributed by atoms with E-state index in [2.05, 4.69) is 4.31 Å². The summed E-state index contributed by atoms with van der Waals surface area (Å²) in [7, 11) is -5.85. The Morgan fingerprint density at radius 3 is 1.88 bits per heavy atom. The third-order valence-corrected chi connectivity index (χ3v) is 2.44. The molecule has 0 fully saturated rings. The number of hydrogen-bond donors (Lipinski definition) is 5. The molecule has 0 radical (unpaired) electrons. The summed E-state index contributed by atoms with van der Waals surface area (Å²) in [6, 6.07) is 0. The van der Waals surface area contributed by atoms with E-state index in [1.165, 1.54) is 6.92 Å². The summed E-state index contributed by atoms with van der Waals surface area (Å²) >= 11 is 0.